The largest absolute Gasteiger partial charge is 0.310 e. The minimum Gasteiger partial charge on any atom is -0.310 e. The van der Waals surface area contributed by atoms with Crippen molar-refractivity contribution in [2.45, 2.75) is 45.4 Å². The molecule has 0 radical (unpaired) electrons. The van der Waals surface area contributed by atoms with E-state index in [0.29, 0.717) is 0 Å². The van der Waals surface area contributed by atoms with Gasteiger partial charge in [0, 0.05) is 42.9 Å². The maximum Gasteiger partial charge on any atom is 0.0468 e. The molecule has 7 aromatic carbocycles. The second kappa shape index (κ2) is 12.3. The van der Waals surface area contributed by atoms with Gasteiger partial charge in [0.1, 0.15) is 0 Å². The fourth-order valence-electron chi connectivity index (χ4n) is 9.62. The van der Waals surface area contributed by atoms with E-state index >= 15 is 0 Å². The molecule has 0 aliphatic heterocycles. The molecule has 0 spiro atoms. The fourth-order valence-corrected chi connectivity index (χ4v) is 10.6. The summed E-state index contributed by atoms with van der Waals surface area (Å²) in [6.45, 7) is 15.7. The highest BCUT2D eigenvalue weighted by Crippen LogP contribution is 2.59. The van der Waals surface area contributed by atoms with Gasteiger partial charge in [0.25, 0.3) is 0 Å². The first-order valence-corrected chi connectivity index (χ1v) is 20.1. The third-order valence-corrected chi connectivity index (χ3v) is 13.5. The summed E-state index contributed by atoms with van der Waals surface area (Å²) in [5.74, 6) is 0. The topological polar surface area (TPSA) is 3.24 Å². The lowest BCUT2D eigenvalue weighted by Crippen LogP contribution is -2.17. The highest BCUT2D eigenvalue weighted by molar-refractivity contribution is 7.19. The molecular formula is C53H43NS. The minimum atomic E-state index is -0.121. The van der Waals surface area contributed by atoms with Crippen LogP contribution in [0.3, 0.4) is 0 Å². The Morgan fingerprint density at radius 2 is 1.15 bits per heavy atom. The van der Waals surface area contributed by atoms with Crippen molar-refractivity contribution in [3.05, 3.63) is 191 Å². The lowest BCUT2D eigenvalue weighted by atomic mass is 9.79. The van der Waals surface area contributed by atoms with Gasteiger partial charge in [0.2, 0.25) is 0 Å². The number of allylic oxidation sites excluding steroid dienone is 2. The van der Waals surface area contributed by atoms with Gasteiger partial charge in [-0.3, -0.25) is 0 Å². The summed E-state index contributed by atoms with van der Waals surface area (Å²) in [5, 5.41) is 3.79. The molecule has 0 N–H and O–H groups in total. The summed E-state index contributed by atoms with van der Waals surface area (Å²) >= 11 is 1.85. The Labute approximate surface area is 328 Å². The lowest BCUT2D eigenvalue weighted by molar-refractivity contribution is 0.651. The lowest BCUT2D eigenvalue weighted by Gasteiger charge is -2.27. The molecule has 0 unspecified atom stereocenters. The van der Waals surface area contributed by atoms with Crippen LogP contribution in [0.4, 0.5) is 17.1 Å². The van der Waals surface area contributed by atoms with E-state index in [0.717, 1.165) is 17.1 Å². The van der Waals surface area contributed by atoms with Gasteiger partial charge >= 0.3 is 0 Å². The van der Waals surface area contributed by atoms with E-state index in [1.165, 1.54) is 86.9 Å². The monoisotopic (exact) mass is 725 g/mol. The van der Waals surface area contributed by atoms with E-state index in [1.807, 2.05) is 23.5 Å². The molecule has 0 atom stereocenters. The molecule has 266 valence electrons. The SMILES string of the molecule is C=C/C=C\c1c(C)sc2ccc(N(c3ccc(-c4cccc5ccccc45)cc3)c3ccc4c(c3)-c3c(ccc5c3-c3ccccc3C5(C)C)C4(C)C)cc12. The predicted octanol–water partition coefficient (Wildman–Crippen LogP) is 15.3. The van der Waals surface area contributed by atoms with Crippen LogP contribution in [0, 0.1) is 6.92 Å². The number of benzene rings is 7. The van der Waals surface area contributed by atoms with Crippen molar-refractivity contribution in [2.24, 2.45) is 0 Å². The Hall–Kier alpha value is -5.96. The van der Waals surface area contributed by atoms with Crippen molar-refractivity contribution in [3.8, 4) is 33.4 Å². The van der Waals surface area contributed by atoms with Gasteiger partial charge in [0.05, 0.1) is 0 Å². The summed E-state index contributed by atoms with van der Waals surface area (Å²) in [6.07, 6.45) is 6.10. The summed E-state index contributed by atoms with van der Waals surface area (Å²) in [7, 11) is 0. The zero-order chi connectivity index (χ0) is 37.6. The van der Waals surface area contributed by atoms with Gasteiger partial charge in [-0.25, -0.2) is 0 Å². The maximum atomic E-state index is 3.95. The summed E-state index contributed by atoms with van der Waals surface area (Å²) in [6, 6.07) is 52.4. The minimum absolute atomic E-state index is 0.0604. The molecule has 2 heteroatoms. The van der Waals surface area contributed by atoms with Crippen LogP contribution in [0.5, 0.6) is 0 Å². The molecule has 0 saturated heterocycles. The second-order valence-electron chi connectivity index (χ2n) is 16.2. The van der Waals surface area contributed by atoms with Crippen molar-refractivity contribution in [3.63, 3.8) is 0 Å². The van der Waals surface area contributed by atoms with Crippen LogP contribution >= 0.6 is 11.3 Å². The van der Waals surface area contributed by atoms with Crippen molar-refractivity contribution in [1.82, 2.24) is 0 Å². The molecule has 1 heterocycles. The molecule has 55 heavy (non-hydrogen) atoms. The van der Waals surface area contributed by atoms with E-state index in [4.69, 9.17) is 0 Å². The molecule has 1 aromatic heterocycles. The van der Waals surface area contributed by atoms with Gasteiger partial charge in [0.15, 0.2) is 0 Å². The number of rotatable bonds is 6. The molecule has 0 bridgehead atoms. The standard InChI is InChI=1S/C53H43NS/c1-7-8-16-39-33(2)55-49-30-26-38(31-43(39)49)54(36-23-21-35(22-24-36)41-19-13-15-34-14-9-10-17-40(34)41)37-25-27-46-44(32-37)51-48(53(46,5)6)29-28-47-50(51)42-18-11-12-20-45(42)52(47,3)4/h7-32H,1H2,2-6H3/b16-8-. The fraction of sp³-hybridized carbons (Fsp3) is 0.132. The first-order valence-electron chi connectivity index (χ1n) is 19.3. The Morgan fingerprint density at radius 1 is 0.545 bits per heavy atom. The predicted molar refractivity (Wildman–Crippen MR) is 239 cm³/mol. The Morgan fingerprint density at radius 3 is 1.93 bits per heavy atom. The van der Waals surface area contributed by atoms with E-state index in [9.17, 15) is 0 Å². The number of hydrogen-bond acceptors (Lipinski definition) is 2. The number of aryl methyl sites for hydroxylation is 1. The van der Waals surface area contributed by atoms with Crippen LogP contribution in [-0.2, 0) is 10.8 Å². The molecule has 0 fully saturated rings. The Bertz CT molecular complexity index is 2890. The van der Waals surface area contributed by atoms with Gasteiger partial charge in [-0.2, -0.15) is 0 Å². The van der Waals surface area contributed by atoms with Crippen LogP contribution in [0.15, 0.2) is 158 Å². The van der Waals surface area contributed by atoms with Crippen molar-refractivity contribution >= 4 is 55.3 Å². The van der Waals surface area contributed by atoms with E-state index in [1.54, 1.807) is 0 Å². The molecule has 2 aliphatic rings. The average Bonchev–Trinajstić information content (AvgIpc) is 3.74. The third kappa shape index (κ3) is 4.98. The first kappa shape index (κ1) is 33.6. The van der Waals surface area contributed by atoms with Crippen molar-refractivity contribution in [1.29, 1.82) is 0 Å². The molecule has 0 saturated carbocycles. The number of fused-ring (bicyclic) bond motifs is 9. The van der Waals surface area contributed by atoms with E-state index in [2.05, 4.69) is 192 Å². The first-order chi connectivity index (χ1) is 26.7. The Kier molecular flexibility index (Phi) is 7.50. The smallest absolute Gasteiger partial charge is 0.0468 e. The summed E-state index contributed by atoms with van der Waals surface area (Å²) < 4.78 is 1.29. The van der Waals surface area contributed by atoms with E-state index < -0.39 is 0 Å². The third-order valence-electron chi connectivity index (χ3n) is 12.4. The van der Waals surface area contributed by atoms with Gasteiger partial charge in [-0.05, 0) is 121 Å². The van der Waals surface area contributed by atoms with Gasteiger partial charge in [-0.15, -0.1) is 11.3 Å². The molecule has 10 rings (SSSR count). The molecular weight excluding hydrogens is 683 g/mol. The molecule has 8 aromatic rings. The average molecular weight is 726 g/mol. The second-order valence-corrected chi connectivity index (χ2v) is 17.4. The maximum absolute atomic E-state index is 3.95. The number of anilines is 3. The normalized spacial score (nSPS) is 14.6. The number of thiophene rings is 1. The zero-order valence-corrected chi connectivity index (χ0v) is 32.9. The van der Waals surface area contributed by atoms with Crippen LogP contribution in [0.1, 0.15) is 60.4 Å². The van der Waals surface area contributed by atoms with Crippen LogP contribution < -0.4 is 4.90 Å². The molecule has 0 amide bonds. The van der Waals surface area contributed by atoms with Crippen molar-refractivity contribution in [2.75, 3.05) is 4.90 Å². The van der Waals surface area contributed by atoms with Gasteiger partial charge in [-0.1, -0.05) is 150 Å². The van der Waals surface area contributed by atoms with Crippen molar-refractivity contribution < 1.29 is 0 Å². The molecule has 1 nitrogen and oxygen atoms in total. The highest BCUT2D eigenvalue weighted by atomic mass is 32.1. The van der Waals surface area contributed by atoms with Gasteiger partial charge < -0.3 is 4.90 Å². The van der Waals surface area contributed by atoms with Crippen LogP contribution in [-0.4, -0.2) is 0 Å². The highest BCUT2D eigenvalue weighted by Gasteiger charge is 2.43. The van der Waals surface area contributed by atoms with Crippen LogP contribution in [0.25, 0.3) is 60.3 Å². The summed E-state index contributed by atoms with van der Waals surface area (Å²) in [4.78, 5) is 3.76. The van der Waals surface area contributed by atoms with E-state index in [-0.39, 0.29) is 10.8 Å². The zero-order valence-electron chi connectivity index (χ0n) is 32.1. The summed E-state index contributed by atoms with van der Waals surface area (Å²) in [5.41, 5.74) is 18.1. The quantitative estimate of drug-likeness (QED) is 0.154. The molecule has 2 aliphatic carbocycles. The Balaban J connectivity index is 1.19. The number of hydrogen-bond donors (Lipinski definition) is 0. The number of nitrogens with zero attached hydrogens (tertiary/aromatic N) is 1. The van der Waals surface area contributed by atoms with Crippen LogP contribution in [0.2, 0.25) is 0 Å².